The van der Waals surface area contributed by atoms with Crippen molar-refractivity contribution in [1.29, 1.82) is 0 Å². The number of pyridine rings is 1. The maximum Gasteiger partial charge on any atom is 0.104 e. The van der Waals surface area contributed by atoms with Crippen molar-refractivity contribution in [3.63, 3.8) is 0 Å². The first-order valence-corrected chi connectivity index (χ1v) is 6.34. The zero-order valence-electron chi connectivity index (χ0n) is 10.9. The molecule has 0 unspecified atom stereocenters. The van der Waals surface area contributed by atoms with Gasteiger partial charge in [-0.25, -0.2) is 0 Å². The van der Waals surface area contributed by atoms with Crippen LogP contribution in [-0.4, -0.2) is 4.73 Å². The molecule has 0 N–H and O–H groups in total. The predicted octanol–water partition coefficient (Wildman–Crippen LogP) is 4.08. The van der Waals surface area contributed by atoms with E-state index in [0.717, 1.165) is 22.3 Å². The van der Waals surface area contributed by atoms with Gasteiger partial charge < -0.3 is 9.94 Å². The fourth-order valence-corrected chi connectivity index (χ4v) is 2.23. The molecule has 0 atom stereocenters. The minimum Gasteiger partial charge on any atom is -0.805 e. The van der Waals surface area contributed by atoms with Crippen LogP contribution in [0.25, 0.3) is 0 Å². The summed E-state index contributed by atoms with van der Waals surface area (Å²) in [6, 6.07) is 8.29. The molecule has 0 aliphatic carbocycles. The van der Waals surface area contributed by atoms with E-state index in [4.69, 9.17) is 12.2 Å². The Morgan fingerprint density at radius 1 is 1.11 bits per heavy atom. The third kappa shape index (κ3) is 2.46. The molecule has 0 saturated heterocycles. The van der Waals surface area contributed by atoms with Gasteiger partial charge in [0.2, 0.25) is 0 Å². The molecular weight excluding hydrogens is 242 g/mol. The van der Waals surface area contributed by atoms with Gasteiger partial charge in [0, 0.05) is 0 Å². The fourth-order valence-electron chi connectivity index (χ4n) is 2.04. The van der Waals surface area contributed by atoms with Crippen LogP contribution in [0.15, 0.2) is 30.5 Å². The maximum atomic E-state index is 11.4. The van der Waals surface area contributed by atoms with E-state index in [-0.39, 0.29) is 0 Å². The van der Waals surface area contributed by atoms with Gasteiger partial charge in [0.05, 0.1) is 0 Å². The van der Waals surface area contributed by atoms with Crippen LogP contribution in [0.4, 0.5) is 0 Å². The van der Waals surface area contributed by atoms with Crippen LogP contribution in [0.1, 0.15) is 27.8 Å². The first-order valence-electron chi connectivity index (χ1n) is 5.94. The molecule has 0 bridgehead atoms. The van der Waals surface area contributed by atoms with Gasteiger partial charge in [0.25, 0.3) is 0 Å². The number of rotatable bonds is 2. The van der Waals surface area contributed by atoms with Crippen molar-refractivity contribution in [3.05, 3.63) is 68.1 Å². The second-order valence-electron chi connectivity index (χ2n) is 4.70. The van der Waals surface area contributed by atoms with Gasteiger partial charge in [0.1, 0.15) is 4.64 Å². The highest BCUT2D eigenvalue weighted by molar-refractivity contribution is 7.71. The van der Waals surface area contributed by atoms with Crippen molar-refractivity contribution < 1.29 is 0 Å². The third-order valence-electron chi connectivity index (χ3n) is 3.30. The molecule has 1 aromatic heterocycles. The van der Waals surface area contributed by atoms with Crippen molar-refractivity contribution >= 4 is 12.2 Å². The third-order valence-corrected chi connectivity index (χ3v) is 3.79. The molecule has 94 valence electrons. The van der Waals surface area contributed by atoms with E-state index in [1.165, 1.54) is 22.9 Å². The van der Waals surface area contributed by atoms with Crippen molar-refractivity contribution in [2.24, 2.45) is 0 Å². The monoisotopic (exact) mass is 258 g/mol. The summed E-state index contributed by atoms with van der Waals surface area (Å²) in [6.45, 7) is 6.11. The van der Waals surface area contributed by atoms with Crippen molar-refractivity contribution in [2.75, 3.05) is 0 Å². The lowest BCUT2D eigenvalue weighted by Crippen LogP contribution is -2.00. The zero-order chi connectivity index (χ0) is 13.3. The van der Waals surface area contributed by atoms with Gasteiger partial charge in [-0.2, -0.15) is 0 Å². The molecule has 0 amide bonds. The van der Waals surface area contributed by atoms with Crippen LogP contribution in [0.3, 0.4) is 0 Å². The van der Waals surface area contributed by atoms with Gasteiger partial charge in [-0.15, -0.1) is 0 Å². The molecule has 18 heavy (non-hydrogen) atoms. The van der Waals surface area contributed by atoms with Crippen LogP contribution < -0.4 is 0 Å². The molecule has 0 fully saturated rings. The number of nitrogens with zero attached hydrogens (tertiary/aromatic N) is 1. The molecule has 3 heteroatoms. The summed E-state index contributed by atoms with van der Waals surface area (Å²) >= 11 is 5.11. The molecule has 0 saturated carbocycles. The summed E-state index contributed by atoms with van der Waals surface area (Å²) < 4.78 is 1.12. The Morgan fingerprint density at radius 2 is 1.83 bits per heavy atom. The molecule has 0 aliphatic heterocycles. The predicted molar refractivity (Wildman–Crippen MR) is 77.5 cm³/mol. The Labute approximate surface area is 112 Å². The lowest BCUT2D eigenvalue weighted by molar-refractivity contribution is 0.987. The van der Waals surface area contributed by atoms with Crippen LogP contribution in [0, 0.1) is 30.6 Å². The number of benzene rings is 1. The van der Waals surface area contributed by atoms with Gasteiger partial charge in [-0.3, -0.25) is 0 Å². The quantitative estimate of drug-likeness (QED) is 0.759. The summed E-state index contributed by atoms with van der Waals surface area (Å²) in [5.41, 5.74) is 5.84. The number of aryl methyl sites for hydroxylation is 2. The minimum absolute atomic E-state index is 0.373. The Kier molecular flexibility index (Phi) is 3.53. The number of hydrogen-bond acceptors (Lipinski definition) is 2. The molecule has 2 nitrogen and oxygen atoms in total. The normalized spacial score (nSPS) is 10.6. The molecule has 1 heterocycles. The van der Waals surface area contributed by atoms with Crippen LogP contribution in [0.5, 0.6) is 0 Å². The van der Waals surface area contributed by atoms with Crippen molar-refractivity contribution in [2.45, 2.75) is 27.2 Å². The van der Waals surface area contributed by atoms with Crippen molar-refractivity contribution in [3.8, 4) is 0 Å². The smallest absolute Gasteiger partial charge is 0.104 e. The summed E-state index contributed by atoms with van der Waals surface area (Å²) in [4.78, 5) is 0. The summed E-state index contributed by atoms with van der Waals surface area (Å²) in [6.07, 6.45) is 2.32. The number of hydrogen-bond donors (Lipinski definition) is 0. The lowest BCUT2D eigenvalue weighted by atomic mass is 9.97. The topological polar surface area (TPSA) is 28.0 Å². The first-order chi connectivity index (χ1) is 8.49. The average molecular weight is 258 g/mol. The summed E-state index contributed by atoms with van der Waals surface area (Å²) in [5.74, 6) is 0. The van der Waals surface area contributed by atoms with E-state index in [2.05, 4.69) is 32.0 Å². The van der Waals surface area contributed by atoms with E-state index in [1.807, 2.05) is 13.0 Å². The van der Waals surface area contributed by atoms with Crippen LogP contribution in [-0.2, 0) is 6.42 Å². The van der Waals surface area contributed by atoms with Gasteiger partial charge in [-0.05, 0) is 61.7 Å². The SMILES string of the molecule is Cc1ccc(C)c(Cc2ccn([O-])c(=S)c2C)c1. The van der Waals surface area contributed by atoms with Gasteiger partial charge in [0.15, 0.2) is 0 Å². The summed E-state index contributed by atoms with van der Waals surface area (Å²) in [7, 11) is 0. The Morgan fingerprint density at radius 3 is 2.56 bits per heavy atom. The van der Waals surface area contributed by atoms with Crippen LogP contribution in [0.2, 0.25) is 0 Å². The van der Waals surface area contributed by atoms with Gasteiger partial charge in [-0.1, -0.05) is 36.0 Å². The Hall–Kier alpha value is -1.61. The second kappa shape index (κ2) is 4.94. The highest BCUT2D eigenvalue weighted by Gasteiger charge is 2.04. The highest BCUT2D eigenvalue weighted by Crippen LogP contribution is 2.18. The van der Waals surface area contributed by atoms with E-state index in [9.17, 15) is 5.21 Å². The second-order valence-corrected chi connectivity index (χ2v) is 5.09. The number of aromatic nitrogens is 1. The maximum absolute atomic E-state index is 11.4. The summed E-state index contributed by atoms with van der Waals surface area (Å²) in [5, 5.41) is 11.4. The largest absolute Gasteiger partial charge is 0.805 e. The fraction of sp³-hybridized carbons (Fsp3) is 0.267. The van der Waals surface area contributed by atoms with E-state index < -0.39 is 0 Å². The lowest BCUT2D eigenvalue weighted by Gasteiger charge is -2.15. The molecule has 2 rings (SSSR count). The van der Waals surface area contributed by atoms with Gasteiger partial charge >= 0.3 is 0 Å². The van der Waals surface area contributed by atoms with E-state index in [0.29, 0.717) is 4.64 Å². The molecule has 0 spiro atoms. The minimum atomic E-state index is 0.373. The molecule has 2 aromatic rings. The molecule has 0 aliphatic rings. The molecular formula is C15H16NOS-. The van der Waals surface area contributed by atoms with Crippen molar-refractivity contribution in [1.82, 2.24) is 4.73 Å². The van der Waals surface area contributed by atoms with E-state index in [1.54, 1.807) is 0 Å². The molecule has 1 aromatic carbocycles. The first kappa shape index (κ1) is 12.8. The zero-order valence-corrected chi connectivity index (χ0v) is 11.7. The standard InChI is InChI=1S/C15H16NOS/c1-10-4-5-11(2)14(8-10)9-13-6-7-16(17)15(18)12(13)3/h4-8H,9H2,1-3H3/q-1. The Bertz CT molecular complexity index is 643. The molecule has 0 radical (unpaired) electrons. The Balaban J connectivity index is 2.43. The van der Waals surface area contributed by atoms with E-state index >= 15 is 0 Å². The highest BCUT2D eigenvalue weighted by atomic mass is 32.1. The average Bonchev–Trinajstić information content (AvgIpc) is 2.34. The van der Waals surface area contributed by atoms with Crippen LogP contribution >= 0.6 is 12.2 Å².